The molecule has 0 saturated heterocycles. The van der Waals surface area contributed by atoms with E-state index in [9.17, 15) is 19.2 Å². The first-order chi connectivity index (χ1) is 28.9. The second-order valence-electron chi connectivity index (χ2n) is 14.5. The molecular weight excluding hydrogens is 783 g/mol. The highest BCUT2D eigenvalue weighted by atomic mass is 32.1. The SMILES string of the molecule is C=CC(=O)OCCCCOCC(COc1ccc(C(=O)Oc2ccc(-c3ccc(C(C)(C)C)cc3)cc2/C=N/N(C(=O)CC)c2nc3ccccc3s2)cc1)OC(=O)C=C. The lowest BCUT2D eigenvalue weighted by atomic mass is 9.86. The summed E-state index contributed by atoms with van der Waals surface area (Å²) >= 11 is 1.35. The number of benzene rings is 4. The van der Waals surface area contributed by atoms with Crippen LogP contribution in [0.3, 0.4) is 0 Å². The summed E-state index contributed by atoms with van der Waals surface area (Å²) in [7, 11) is 0. The van der Waals surface area contributed by atoms with Crippen molar-refractivity contribution in [2.45, 2.75) is 58.5 Å². The Bertz CT molecular complexity index is 2280. The van der Waals surface area contributed by atoms with Crippen LogP contribution in [0.4, 0.5) is 5.13 Å². The lowest BCUT2D eigenvalue weighted by Gasteiger charge is -2.19. The van der Waals surface area contributed by atoms with Crippen molar-refractivity contribution < 1.29 is 42.9 Å². The summed E-state index contributed by atoms with van der Waals surface area (Å²) in [5.74, 6) is -1.34. The smallest absolute Gasteiger partial charge is 0.343 e. The van der Waals surface area contributed by atoms with Gasteiger partial charge in [-0.25, -0.2) is 19.4 Å². The van der Waals surface area contributed by atoms with Gasteiger partial charge in [-0.3, -0.25) is 4.79 Å². The van der Waals surface area contributed by atoms with Crippen molar-refractivity contribution in [2.75, 3.05) is 31.4 Å². The minimum atomic E-state index is -0.739. The number of para-hydroxylation sites is 1. The Hall–Kier alpha value is -6.44. The Morgan fingerprint density at radius 3 is 2.23 bits per heavy atom. The maximum Gasteiger partial charge on any atom is 0.343 e. The Labute approximate surface area is 354 Å². The van der Waals surface area contributed by atoms with Gasteiger partial charge in [0.1, 0.15) is 18.1 Å². The van der Waals surface area contributed by atoms with E-state index in [1.807, 2.05) is 48.5 Å². The molecule has 0 saturated carbocycles. The van der Waals surface area contributed by atoms with Gasteiger partial charge in [0.2, 0.25) is 11.0 Å². The molecule has 13 heteroatoms. The average Bonchev–Trinajstić information content (AvgIpc) is 3.69. The van der Waals surface area contributed by atoms with Gasteiger partial charge in [0, 0.05) is 30.7 Å². The van der Waals surface area contributed by atoms with E-state index in [1.54, 1.807) is 37.3 Å². The first-order valence-electron chi connectivity index (χ1n) is 19.5. The molecular formula is C47H49N3O9S. The number of unbranched alkanes of at least 4 members (excludes halogenated alkanes) is 1. The number of amides is 1. The Morgan fingerprint density at radius 2 is 1.55 bits per heavy atom. The van der Waals surface area contributed by atoms with Crippen LogP contribution in [0.1, 0.15) is 68.4 Å². The number of carbonyl (C=O) groups is 4. The molecule has 312 valence electrons. The lowest BCUT2D eigenvalue weighted by Crippen LogP contribution is -2.29. The van der Waals surface area contributed by atoms with E-state index in [2.05, 4.69) is 56.1 Å². The third-order valence-corrected chi connectivity index (χ3v) is 10.00. The van der Waals surface area contributed by atoms with Gasteiger partial charge in [0.05, 0.1) is 35.2 Å². The van der Waals surface area contributed by atoms with Crippen molar-refractivity contribution in [1.82, 2.24) is 4.98 Å². The zero-order valence-corrected chi connectivity index (χ0v) is 35.1. The molecule has 0 aliphatic heterocycles. The number of aromatic nitrogens is 1. The van der Waals surface area contributed by atoms with Crippen molar-refractivity contribution in [2.24, 2.45) is 5.10 Å². The van der Waals surface area contributed by atoms with E-state index in [4.69, 9.17) is 23.7 Å². The molecule has 0 aliphatic carbocycles. The topological polar surface area (TPSA) is 143 Å². The van der Waals surface area contributed by atoms with Crippen molar-refractivity contribution in [3.8, 4) is 22.6 Å². The van der Waals surface area contributed by atoms with Gasteiger partial charge in [-0.1, -0.05) is 94.7 Å². The van der Waals surface area contributed by atoms with Crippen molar-refractivity contribution >= 4 is 56.7 Å². The molecule has 0 N–H and O–H groups in total. The standard InChI is InChI=1S/C47H49N3O9S/c1-7-42(51)50(46-49-39-14-10-11-15-41(39)60-46)48-29-35-28-34(32-16-21-36(22-17-32)47(4,5)6)20-25-40(35)59-45(54)33-18-23-37(24-19-33)57-31-38(58-44(53)9-3)30-55-26-12-13-27-56-43(52)8-2/h8-11,14-25,28-29,38H,2-3,7,12-13,26-27,30-31H2,1,4-6H3/b48-29+. The van der Waals surface area contributed by atoms with Crippen LogP contribution in [0.15, 0.2) is 121 Å². The van der Waals surface area contributed by atoms with Crippen LogP contribution in [0.2, 0.25) is 0 Å². The highest BCUT2D eigenvalue weighted by Gasteiger charge is 2.20. The Morgan fingerprint density at radius 1 is 0.850 bits per heavy atom. The summed E-state index contributed by atoms with van der Waals surface area (Å²) in [6.07, 6.45) is 4.34. The van der Waals surface area contributed by atoms with E-state index in [0.29, 0.717) is 35.9 Å². The summed E-state index contributed by atoms with van der Waals surface area (Å²) in [6, 6.07) is 27.7. The van der Waals surface area contributed by atoms with Gasteiger partial charge in [-0.05, 0) is 83.5 Å². The summed E-state index contributed by atoms with van der Waals surface area (Å²) in [5.41, 5.74) is 4.47. The number of anilines is 1. The molecule has 0 aliphatic rings. The first kappa shape index (κ1) is 44.7. The molecule has 5 aromatic rings. The number of fused-ring (bicyclic) bond motifs is 1. The molecule has 0 fully saturated rings. The van der Waals surface area contributed by atoms with Crippen molar-refractivity contribution in [3.05, 3.63) is 133 Å². The van der Waals surface area contributed by atoms with Crippen molar-refractivity contribution in [1.29, 1.82) is 0 Å². The molecule has 12 nitrogen and oxygen atoms in total. The fourth-order valence-corrected chi connectivity index (χ4v) is 6.58. The van der Waals surface area contributed by atoms with Crippen LogP contribution in [0.5, 0.6) is 11.5 Å². The molecule has 5 rings (SSSR count). The van der Waals surface area contributed by atoms with Gasteiger partial charge in [-0.2, -0.15) is 10.1 Å². The van der Waals surface area contributed by atoms with Gasteiger partial charge in [-0.15, -0.1) is 0 Å². The number of nitrogens with zero attached hydrogens (tertiary/aromatic N) is 3. The number of hydrazone groups is 1. The Balaban J connectivity index is 1.31. The van der Waals surface area contributed by atoms with Crippen LogP contribution >= 0.6 is 11.3 Å². The monoisotopic (exact) mass is 831 g/mol. The zero-order chi connectivity index (χ0) is 43.1. The molecule has 1 aromatic heterocycles. The summed E-state index contributed by atoms with van der Waals surface area (Å²) in [4.78, 5) is 54.5. The first-order valence-corrected chi connectivity index (χ1v) is 20.3. The molecule has 0 radical (unpaired) electrons. The lowest BCUT2D eigenvalue weighted by molar-refractivity contribution is -0.148. The van der Waals surface area contributed by atoms with Crippen molar-refractivity contribution in [3.63, 3.8) is 0 Å². The second-order valence-corrected chi connectivity index (χ2v) is 15.5. The third-order valence-electron chi connectivity index (χ3n) is 8.98. The predicted octanol–water partition coefficient (Wildman–Crippen LogP) is 9.26. The second kappa shape index (κ2) is 21.5. The number of ether oxygens (including phenoxy) is 5. The minimum Gasteiger partial charge on any atom is -0.490 e. The van der Waals surface area contributed by atoms with Crippen LogP contribution in [0.25, 0.3) is 21.3 Å². The average molecular weight is 832 g/mol. The fourth-order valence-electron chi connectivity index (χ4n) is 5.64. The maximum absolute atomic E-state index is 13.6. The van der Waals surface area contributed by atoms with Crippen LogP contribution in [0, 0.1) is 0 Å². The van der Waals surface area contributed by atoms with E-state index >= 15 is 0 Å². The minimum absolute atomic E-state index is 0.0143. The number of rotatable bonds is 20. The maximum atomic E-state index is 13.6. The molecule has 0 spiro atoms. The predicted molar refractivity (Wildman–Crippen MR) is 234 cm³/mol. The highest BCUT2D eigenvalue weighted by molar-refractivity contribution is 7.22. The zero-order valence-electron chi connectivity index (χ0n) is 34.3. The molecule has 1 unspecified atom stereocenters. The van der Waals surface area contributed by atoms with Crippen LogP contribution < -0.4 is 14.5 Å². The van der Waals surface area contributed by atoms with E-state index in [0.717, 1.165) is 33.5 Å². The fraction of sp³-hybridized carbons (Fsp3) is 0.277. The number of hydrogen-bond donors (Lipinski definition) is 0. The van der Waals surface area contributed by atoms with E-state index in [-0.39, 0.29) is 48.9 Å². The van der Waals surface area contributed by atoms with Gasteiger partial charge in [0.15, 0.2) is 6.10 Å². The number of hydrogen-bond acceptors (Lipinski definition) is 12. The molecule has 60 heavy (non-hydrogen) atoms. The third kappa shape index (κ3) is 12.8. The van der Waals surface area contributed by atoms with Gasteiger partial charge >= 0.3 is 17.9 Å². The largest absolute Gasteiger partial charge is 0.490 e. The van der Waals surface area contributed by atoms with E-state index < -0.39 is 24.0 Å². The van der Waals surface area contributed by atoms with Crippen LogP contribution in [-0.4, -0.2) is 67.5 Å². The highest BCUT2D eigenvalue weighted by Crippen LogP contribution is 2.32. The van der Waals surface area contributed by atoms with Gasteiger partial charge < -0.3 is 23.7 Å². The molecule has 1 heterocycles. The van der Waals surface area contributed by atoms with Gasteiger partial charge in [0.25, 0.3) is 0 Å². The number of esters is 3. The molecule has 0 bridgehead atoms. The number of carbonyl (C=O) groups excluding carboxylic acids is 4. The summed E-state index contributed by atoms with van der Waals surface area (Å²) in [5, 5.41) is 6.30. The molecule has 4 aromatic carbocycles. The number of thiazole rings is 1. The summed E-state index contributed by atoms with van der Waals surface area (Å²) < 4.78 is 28.7. The quantitative estimate of drug-likeness (QED) is 0.0186. The molecule has 1 atom stereocenters. The molecule has 1 amide bonds. The Kier molecular flexibility index (Phi) is 16.0. The van der Waals surface area contributed by atoms with Crippen LogP contribution in [-0.2, 0) is 34.0 Å². The normalized spacial score (nSPS) is 11.8. The summed E-state index contributed by atoms with van der Waals surface area (Å²) in [6.45, 7) is 15.7. The van der Waals surface area contributed by atoms with E-state index in [1.165, 1.54) is 28.1 Å².